The summed E-state index contributed by atoms with van der Waals surface area (Å²) >= 11 is 6.90. The monoisotopic (exact) mass is 397 g/mol. The molecule has 10 heteroatoms. The Morgan fingerprint density at radius 2 is 2.08 bits per heavy atom. The van der Waals surface area contributed by atoms with E-state index in [4.69, 9.17) is 21.8 Å². The van der Waals surface area contributed by atoms with Crippen LogP contribution < -0.4 is 10.5 Å². The summed E-state index contributed by atoms with van der Waals surface area (Å²) in [5.41, 5.74) is 6.20. The Bertz CT molecular complexity index is 1050. The molecule has 0 aliphatic heterocycles. The zero-order chi connectivity index (χ0) is 18.0. The predicted molar refractivity (Wildman–Crippen MR) is 96.2 cm³/mol. The fourth-order valence-corrected chi connectivity index (χ4v) is 3.85. The molecule has 3 aromatic rings. The summed E-state index contributed by atoms with van der Waals surface area (Å²) in [5.74, 6) is -0.477. The van der Waals surface area contributed by atoms with Crippen molar-refractivity contribution in [1.82, 2.24) is 4.98 Å². The van der Waals surface area contributed by atoms with Gasteiger partial charge in [0.1, 0.15) is 5.52 Å². The lowest BCUT2D eigenvalue weighted by Gasteiger charge is -2.08. The minimum absolute atomic E-state index is 0.0221. The number of fused-ring (bicyclic) bond motifs is 1. The van der Waals surface area contributed by atoms with Crippen LogP contribution in [0.2, 0.25) is 5.02 Å². The Balaban J connectivity index is 1.88. The highest BCUT2D eigenvalue weighted by atomic mass is 35.5. The molecular formula is C15H12ClN3O4S2. The van der Waals surface area contributed by atoms with E-state index in [0.717, 1.165) is 11.8 Å². The molecule has 0 aliphatic carbocycles. The van der Waals surface area contributed by atoms with Crippen molar-refractivity contribution in [3.05, 3.63) is 47.5 Å². The molecule has 130 valence electrons. The first kappa shape index (κ1) is 17.6. The fraction of sp³-hybridized carbons (Fsp3) is 0.0667. The van der Waals surface area contributed by atoms with E-state index in [1.165, 1.54) is 24.3 Å². The Morgan fingerprint density at radius 3 is 2.80 bits per heavy atom. The van der Waals surface area contributed by atoms with Gasteiger partial charge in [0, 0.05) is 5.02 Å². The third kappa shape index (κ3) is 4.25. The van der Waals surface area contributed by atoms with Crippen LogP contribution >= 0.6 is 23.4 Å². The quantitative estimate of drug-likeness (QED) is 0.618. The van der Waals surface area contributed by atoms with Crippen LogP contribution in [0.5, 0.6) is 0 Å². The highest BCUT2D eigenvalue weighted by Crippen LogP contribution is 2.26. The maximum Gasteiger partial charge on any atom is 0.261 e. The molecule has 0 saturated carbocycles. The van der Waals surface area contributed by atoms with Crippen LogP contribution in [0.3, 0.4) is 0 Å². The van der Waals surface area contributed by atoms with Crippen molar-refractivity contribution in [2.75, 3.05) is 10.5 Å². The Morgan fingerprint density at radius 1 is 1.28 bits per heavy atom. The van der Waals surface area contributed by atoms with Gasteiger partial charge in [-0.3, -0.25) is 9.52 Å². The molecule has 0 spiro atoms. The fourth-order valence-electron chi connectivity index (χ4n) is 2.01. The second-order valence-electron chi connectivity index (χ2n) is 4.98. The van der Waals surface area contributed by atoms with Gasteiger partial charge in [0.15, 0.2) is 5.58 Å². The number of sulfonamides is 1. The number of hydrogen-bond acceptors (Lipinski definition) is 6. The first-order valence-corrected chi connectivity index (χ1v) is 9.78. The number of amides is 1. The van der Waals surface area contributed by atoms with Gasteiger partial charge in [-0.15, -0.1) is 0 Å². The molecule has 0 bridgehead atoms. The van der Waals surface area contributed by atoms with Gasteiger partial charge in [0.2, 0.25) is 5.91 Å². The molecule has 7 nitrogen and oxygen atoms in total. The van der Waals surface area contributed by atoms with Crippen LogP contribution in [0, 0.1) is 0 Å². The lowest BCUT2D eigenvalue weighted by Crippen LogP contribution is -2.12. The van der Waals surface area contributed by atoms with Gasteiger partial charge in [-0.1, -0.05) is 29.4 Å². The second kappa shape index (κ2) is 6.95. The second-order valence-corrected chi connectivity index (χ2v) is 8.03. The number of primary amides is 1. The third-order valence-electron chi connectivity index (χ3n) is 3.06. The number of halogens is 1. The molecule has 1 amide bonds. The summed E-state index contributed by atoms with van der Waals surface area (Å²) in [4.78, 5) is 15.0. The maximum atomic E-state index is 12.5. The number of anilines is 1. The summed E-state index contributed by atoms with van der Waals surface area (Å²) in [5, 5.41) is 0.661. The number of carbonyl (C=O) groups excluding carboxylic acids is 1. The number of hydrogen-bond donors (Lipinski definition) is 2. The minimum Gasteiger partial charge on any atom is -0.431 e. The van der Waals surface area contributed by atoms with Crippen molar-refractivity contribution in [1.29, 1.82) is 0 Å². The Kier molecular flexibility index (Phi) is 4.89. The van der Waals surface area contributed by atoms with Crippen molar-refractivity contribution in [3.8, 4) is 0 Å². The summed E-state index contributed by atoms with van der Waals surface area (Å²) < 4.78 is 32.9. The van der Waals surface area contributed by atoms with Crippen molar-refractivity contribution >= 4 is 56.1 Å². The number of oxazole rings is 1. The lowest BCUT2D eigenvalue weighted by molar-refractivity contribution is -0.115. The normalized spacial score (nSPS) is 11.6. The number of nitrogens with two attached hydrogens (primary N) is 1. The molecule has 1 heterocycles. The average Bonchev–Trinajstić information content (AvgIpc) is 2.94. The predicted octanol–water partition coefficient (Wildman–Crippen LogP) is 2.86. The molecule has 1 aromatic heterocycles. The number of benzene rings is 2. The number of thioether (sulfide) groups is 1. The smallest absolute Gasteiger partial charge is 0.261 e. The molecule has 0 saturated heterocycles. The molecule has 0 unspecified atom stereocenters. The van der Waals surface area contributed by atoms with Crippen LogP contribution in [-0.4, -0.2) is 25.1 Å². The first-order valence-electron chi connectivity index (χ1n) is 6.93. The van der Waals surface area contributed by atoms with Gasteiger partial charge in [-0.05, 0) is 36.4 Å². The van der Waals surface area contributed by atoms with Crippen molar-refractivity contribution in [2.45, 2.75) is 10.1 Å². The maximum absolute atomic E-state index is 12.5. The van der Waals surface area contributed by atoms with E-state index in [1.54, 1.807) is 18.2 Å². The van der Waals surface area contributed by atoms with Crippen LogP contribution in [0.1, 0.15) is 0 Å². The zero-order valence-corrected chi connectivity index (χ0v) is 15.0. The number of rotatable bonds is 6. The van der Waals surface area contributed by atoms with E-state index < -0.39 is 15.9 Å². The van der Waals surface area contributed by atoms with Crippen LogP contribution in [0.15, 0.2) is 57.0 Å². The van der Waals surface area contributed by atoms with Crippen LogP contribution in [-0.2, 0) is 14.8 Å². The van der Waals surface area contributed by atoms with Gasteiger partial charge in [0.25, 0.3) is 15.2 Å². The van der Waals surface area contributed by atoms with Gasteiger partial charge < -0.3 is 10.2 Å². The van der Waals surface area contributed by atoms with Gasteiger partial charge >= 0.3 is 0 Å². The Labute approximate surface area is 152 Å². The average molecular weight is 398 g/mol. The number of aromatic nitrogens is 1. The van der Waals surface area contributed by atoms with Crippen molar-refractivity contribution < 1.29 is 17.6 Å². The summed E-state index contributed by atoms with van der Waals surface area (Å²) in [7, 11) is -3.81. The van der Waals surface area contributed by atoms with Gasteiger partial charge in [-0.25, -0.2) is 13.4 Å². The lowest BCUT2D eigenvalue weighted by atomic mass is 10.3. The molecule has 3 N–H and O–H groups in total. The highest BCUT2D eigenvalue weighted by Gasteiger charge is 2.17. The van der Waals surface area contributed by atoms with Crippen LogP contribution in [0.25, 0.3) is 11.1 Å². The van der Waals surface area contributed by atoms with Crippen molar-refractivity contribution in [3.63, 3.8) is 0 Å². The summed E-state index contributed by atoms with van der Waals surface area (Å²) in [6.07, 6.45) is 0. The largest absolute Gasteiger partial charge is 0.431 e. The molecular weight excluding hydrogens is 386 g/mol. The molecule has 0 fully saturated rings. The molecule has 3 rings (SSSR count). The van der Waals surface area contributed by atoms with E-state index >= 15 is 0 Å². The molecule has 0 atom stereocenters. The van der Waals surface area contributed by atoms with Crippen molar-refractivity contribution in [2.24, 2.45) is 5.73 Å². The van der Waals surface area contributed by atoms with E-state index in [0.29, 0.717) is 21.8 Å². The van der Waals surface area contributed by atoms with Gasteiger partial charge in [0.05, 0.1) is 16.3 Å². The number of nitrogens with one attached hydrogen (secondary N) is 1. The number of carbonyl (C=O) groups is 1. The molecule has 0 aliphatic rings. The summed E-state index contributed by atoms with van der Waals surface area (Å²) in [6.45, 7) is 0. The first-order chi connectivity index (χ1) is 11.8. The molecule has 2 aromatic carbocycles. The highest BCUT2D eigenvalue weighted by molar-refractivity contribution is 7.99. The standard InChI is InChI=1S/C15H12ClN3O4S2/c16-9-2-1-3-10(6-9)19-25(21,22)11-4-5-13-12(7-11)18-15(23-13)24-8-14(17)20/h1-7,19H,8H2,(H2,17,20). The molecule has 0 radical (unpaired) electrons. The third-order valence-corrected chi connectivity index (χ3v) is 5.53. The number of nitrogens with zero attached hydrogens (tertiary/aromatic N) is 1. The van der Waals surface area contributed by atoms with Crippen LogP contribution in [0.4, 0.5) is 5.69 Å². The van der Waals surface area contributed by atoms with Gasteiger partial charge in [-0.2, -0.15) is 0 Å². The zero-order valence-electron chi connectivity index (χ0n) is 12.6. The molecule has 25 heavy (non-hydrogen) atoms. The van der Waals surface area contributed by atoms with E-state index in [9.17, 15) is 13.2 Å². The SMILES string of the molecule is NC(=O)CSc1nc2cc(S(=O)(=O)Nc3cccc(Cl)c3)ccc2o1. The minimum atomic E-state index is -3.81. The summed E-state index contributed by atoms with van der Waals surface area (Å²) in [6, 6.07) is 10.7. The van der Waals surface area contributed by atoms with E-state index in [2.05, 4.69) is 9.71 Å². The van der Waals surface area contributed by atoms with E-state index in [-0.39, 0.29) is 15.9 Å². The Hall–Kier alpha value is -2.23. The topological polar surface area (TPSA) is 115 Å². The van der Waals surface area contributed by atoms with E-state index in [1.807, 2.05) is 0 Å².